The lowest BCUT2D eigenvalue weighted by Crippen LogP contribution is -2.42. The molecule has 7 heteroatoms. The molecule has 106 valence electrons. The van der Waals surface area contributed by atoms with Crippen LogP contribution in [0, 0.1) is 12.7 Å². The van der Waals surface area contributed by atoms with Crippen molar-refractivity contribution in [2.45, 2.75) is 26.1 Å². The number of rotatable bonds is 4. The van der Waals surface area contributed by atoms with E-state index in [1.54, 1.807) is 18.3 Å². The van der Waals surface area contributed by atoms with Gasteiger partial charge in [-0.25, -0.2) is 4.39 Å². The number of anilines is 1. The smallest absolute Gasteiger partial charge is 0.372 e. The maximum Gasteiger partial charge on any atom is 0.405 e. The van der Waals surface area contributed by atoms with Gasteiger partial charge in [0.25, 0.3) is 0 Å². The van der Waals surface area contributed by atoms with Gasteiger partial charge in [0.1, 0.15) is 18.4 Å². The Labute approximate surface area is 108 Å². The number of hydrogen-bond acceptors (Lipinski definition) is 2. The molecule has 1 aromatic rings. The number of alkyl halides is 3. The summed E-state index contributed by atoms with van der Waals surface area (Å²) in [6.45, 7) is 1.68. The molecule has 19 heavy (non-hydrogen) atoms. The minimum atomic E-state index is -4.47. The van der Waals surface area contributed by atoms with Crippen molar-refractivity contribution in [1.29, 1.82) is 0 Å². The molecule has 1 unspecified atom stereocenters. The summed E-state index contributed by atoms with van der Waals surface area (Å²) in [5.41, 5.74) is 0.849. The van der Waals surface area contributed by atoms with E-state index in [-0.39, 0.29) is 5.69 Å². The van der Waals surface area contributed by atoms with E-state index in [1.807, 2.05) is 0 Å². The molecular weight excluding hydrogens is 264 g/mol. The van der Waals surface area contributed by atoms with Crippen LogP contribution in [0.4, 0.5) is 23.2 Å². The molecule has 0 radical (unpaired) electrons. The summed E-state index contributed by atoms with van der Waals surface area (Å²) < 4.78 is 49.2. The van der Waals surface area contributed by atoms with Crippen LogP contribution in [0.3, 0.4) is 0 Å². The number of hydrogen-bond donors (Lipinski definition) is 2. The van der Waals surface area contributed by atoms with Crippen molar-refractivity contribution < 1.29 is 22.4 Å². The Kier molecular flexibility index (Phi) is 4.74. The number of halogens is 4. The Balaban J connectivity index is 2.61. The van der Waals surface area contributed by atoms with Gasteiger partial charge in [-0.2, -0.15) is 13.2 Å². The van der Waals surface area contributed by atoms with Crippen LogP contribution in [0.15, 0.2) is 18.2 Å². The van der Waals surface area contributed by atoms with Gasteiger partial charge in [0.15, 0.2) is 0 Å². The molecule has 0 aliphatic carbocycles. The monoisotopic (exact) mass is 278 g/mol. The molecule has 0 heterocycles. The molecule has 1 aromatic carbocycles. The summed E-state index contributed by atoms with van der Waals surface area (Å²) in [5, 5.41) is 4.26. The van der Waals surface area contributed by atoms with Crippen molar-refractivity contribution in [2.24, 2.45) is 0 Å². The summed E-state index contributed by atoms with van der Waals surface area (Å²) in [6, 6.07) is 3.27. The second kappa shape index (κ2) is 5.90. The zero-order chi connectivity index (χ0) is 14.6. The zero-order valence-corrected chi connectivity index (χ0v) is 10.4. The molecule has 1 rings (SSSR count). The van der Waals surface area contributed by atoms with E-state index in [1.165, 1.54) is 19.1 Å². The maximum absolute atomic E-state index is 13.4. The van der Waals surface area contributed by atoms with Crippen LogP contribution in [-0.2, 0) is 4.79 Å². The normalized spacial score (nSPS) is 12.9. The summed E-state index contributed by atoms with van der Waals surface area (Å²) in [6.07, 6.45) is -4.47. The van der Waals surface area contributed by atoms with E-state index < -0.39 is 30.5 Å². The Bertz CT molecular complexity index is 460. The average molecular weight is 278 g/mol. The Hall–Kier alpha value is -1.79. The van der Waals surface area contributed by atoms with Gasteiger partial charge in [-0.15, -0.1) is 0 Å². The molecule has 0 saturated heterocycles. The zero-order valence-electron chi connectivity index (χ0n) is 10.4. The third-order valence-electron chi connectivity index (χ3n) is 2.35. The minimum Gasteiger partial charge on any atom is -0.372 e. The first-order valence-corrected chi connectivity index (χ1v) is 5.56. The third-order valence-corrected chi connectivity index (χ3v) is 2.35. The van der Waals surface area contributed by atoms with Gasteiger partial charge in [-0.3, -0.25) is 4.79 Å². The summed E-state index contributed by atoms with van der Waals surface area (Å²) >= 11 is 0. The van der Waals surface area contributed by atoms with E-state index in [9.17, 15) is 22.4 Å². The van der Waals surface area contributed by atoms with Crippen molar-refractivity contribution in [2.75, 3.05) is 11.9 Å². The first-order chi connectivity index (χ1) is 8.69. The van der Waals surface area contributed by atoms with E-state index in [2.05, 4.69) is 5.32 Å². The number of carbonyl (C=O) groups excluding carboxylic acids is 1. The second-order valence-electron chi connectivity index (χ2n) is 4.18. The Morgan fingerprint density at radius 2 is 2.00 bits per heavy atom. The van der Waals surface area contributed by atoms with Crippen LogP contribution in [0.2, 0.25) is 0 Å². The van der Waals surface area contributed by atoms with Crippen LogP contribution in [0.5, 0.6) is 0 Å². The fourth-order valence-electron chi connectivity index (χ4n) is 1.39. The lowest BCUT2D eigenvalue weighted by molar-refractivity contribution is -0.138. The molecule has 0 aromatic heterocycles. The SMILES string of the molecule is Cc1ccc(F)c(NC(C)C(=O)NCC(F)(F)F)c1. The van der Waals surface area contributed by atoms with Gasteiger partial charge in [0.2, 0.25) is 5.91 Å². The molecular formula is C12H14F4N2O. The maximum atomic E-state index is 13.4. The van der Waals surface area contributed by atoms with Crippen LogP contribution in [0.1, 0.15) is 12.5 Å². The molecule has 3 nitrogen and oxygen atoms in total. The van der Waals surface area contributed by atoms with Crippen LogP contribution in [0.25, 0.3) is 0 Å². The topological polar surface area (TPSA) is 41.1 Å². The van der Waals surface area contributed by atoms with Crippen LogP contribution < -0.4 is 10.6 Å². The highest BCUT2D eigenvalue weighted by Crippen LogP contribution is 2.17. The van der Waals surface area contributed by atoms with Crippen molar-refractivity contribution in [3.05, 3.63) is 29.6 Å². The first kappa shape index (κ1) is 15.3. The predicted octanol–water partition coefficient (Wildman–Crippen LogP) is 2.61. The largest absolute Gasteiger partial charge is 0.405 e. The first-order valence-electron chi connectivity index (χ1n) is 5.56. The molecule has 1 atom stereocenters. The average Bonchev–Trinajstić information content (AvgIpc) is 2.29. The predicted molar refractivity (Wildman–Crippen MR) is 63.3 cm³/mol. The number of benzene rings is 1. The van der Waals surface area contributed by atoms with Crippen molar-refractivity contribution in [3.63, 3.8) is 0 Å². The second-order valence-corrected chi connectivity index (χ2v) is 4.18. The summed E-state index contributed by atoms with van der Waals surface area (Å²) in [5.74, 6) is -1.42. The molecule has 2 N–H and O–H groups in total. The molecule has 0 saturated carbocycles. The van der Waals surface area contributed by atoms with E-state index in [0.29, 0.717) is 0 Å². The number of amides is 1. The van der Waals surface area contributed by atoms with E-state index >= 15 is 0 Å². The molecule has 0 spiro atoms. The van der Waals surface area contributed by atoms with Gasteiger partial charge < -0.3 is 10.6 Å². The van der Waals surface area contributed by atoms with Crippen molar-refractivity contribution >= 4 is 11.6 Å². The third kappa shape index (κ3) is 5.15. The molecule has 0 aliphatic heterocycles. The van der Waals surface area contributed by atoms with Crippen LogP contribution in [-0.4, -0.2) is 24.7 Å². The summed E-state index contributed by atoms with van der Waals surface area (Å²) in [7, 11) is 0. The minimum absolute atomic E-state index is 0.0784. The number of nitrogens with one attached hydrogen (secondary N) is 2. The van der Waals surface area contributed by atoms with E-state index in [0.717, 1.165) is 5.56 Å². The quantitative estimate of drug-likeness (QED) is 0.831. The molecule has 0 fully saturated rings. The van der Waals surface area contributed by atoms with Gasteiger partial charge in [0, 0.05) is 0 Å². The molecule has 0 bridgehead atoms. The fraction of sp³-hybridized carbons (Fsp3) is 0.417. The highest BCUT2D eigenvalue weighted by Gasteiger charge is 2.28. The highest BCUT2D eigenvalue weighted by atomic mass is 19.4. The molecule has 1 amide bonds. The van der Waals surface area contributed by atoms with E-state index in [4.69, 9.17) is 0 Å². The standard InChI is InChI=1S/C12H14F4N2O/c1-7-3-4-9(13)10(5-7)18-8(2)11(19)17-6-12(14,15)16/h3-5,8,18H,6H2,1-2H3,(H,17,19). The highest BCUT2D eigenvalue weighted by molar-refractivity contribution is 5.84. The summed E-state index contributed by atoms with van der Waals surface area (Å²) in [4.78, 5) is 11.4. The Morgan fingerprint density at radius 1 is 1.37 bits per heavy atom. The lowest BCUT2D eigenvalue weighted by atomic mass is 10.2. The number of carbonyl (C=O) groups is 1. The molecule has 0 aliphatic rings. The fourth-order valence-corrected chi connectivity index (χ4v) is 1.39. The van der Waals surface area contributed by atoms with Crippen molar-refractivity contribution in [1.82, 2.24) is 5.32 Å². The van der Waals surface area contributed by atoms with Gasteiger partial charge in [0.05, 0.1) is 5.69 Å². The number of aryl methyl sites for hydroxylation is 1. The Morgan fingerprint density at radius 3 is 2.58 bits per heavy atom. The van der Waals surface area contributed by atoms with Gasteiger partial charge in [-0.05, 0) is 31.5 Å². The van der Waals surface area contributed by atoms with Crippen molar-refractivity contribution in [3.8, 4) is 0 Å². The van der Waals surface area contributed by atoms with Crippen LogP contribution >= 0.6 is 0 Å². The van der Waals surface area contributed by atoms with Gasteiger partial charge in [-0.1, -0.05) is 6.07 Å². The lowest BCUT2D eigenvalue weighted by Gasteiger charge is -2.16. The van der Waals surface area contributed by atoms with Gasteiger partial charge >= 0.3 is 6.18 Å².